The average Bonchev–Trinajstić information content (AvgIpc) is 2.72. The van der Waals surface area contributed by atoms with Crippen LogP contribution in [0, 0.1) is 0 Å². The fraction of sp³-hybridized carbons (Fsp3) is 0.286. The molecule has 0 saturated heterocycles. The summed E-state index contributed by atoms with van der Waals surface area (Å²) >= 11 is 0. The molecule has 0 radical (unpaired) electrons. The number of phenolic OH excluding ortho intramolecular Hbond substituents is 2. The highest BCUT2D eigenvalue weighted by atomic mass is 16.3. The largest absolute Gasteiger partial charge is 0.508 e. The molecule has 1 heterocycles. The standard InChI is InChI=1S/C21H23N5O2/c27-17-10-6-15(7-11-17)22-20-24-19(14-4-2-1-3-5-14)25-21(26-20)23-16-8-12-18(28)13-9-16/h6-14,27-28H,1-5H2,(H2,22,23,24,25,26). The predicted molar refractivity (Wildman–Crippen MR) is 108 cm³/mol. The Balaban J connectivity index is 1.63. The number of aromatic nitrogens is 3. The van der Waals surface area contributed by atoms with Gasteiger partial charge in [-0.3, -0.25) is 0 Å². The zero-order chi connectivity index (χ0) is 19.3. The first kappa shape index (κ1) is 18.0. The van der Waals surface area contributed by atoms with Gasteiger partial charge in [-0.1, -0.05) is 19.3 Å². The number of nitrogens with zero attached hydrogens (tertiary/aromatic N) is 3. The summed E-state index contributed by atoms with van der Waals surface area (Å²) in [7, 11) is 0. The molecule has 7 heteroatoms. The molecule has 4 N–H and O–H groups in total. The maximum atomic E-state index is 9.47. The molecule has 144 valence electrons. The molecule has 0 spiro atoms. The molecule has 28 heavy (non-hydrogen) atoms. The van der Waals surface area contributed by atoms with Gasteiger partial charge in [-0.15, -0.1) is 0 Å². The Labute approximate surface area is 163 Å². The maximum Gasteiger partial charge on any atom is 0.232 e. The molecule has 7 nitrogen and oxygen atoms in total. The fourth-order valence-electron chi connectivity index (χ4n) is 3.40. The third-order valence-electron chi connectivity index (χ3n) is 4.87. The first-order valence-electron chi connectivity index (χ1n) is 9.54. The van der Waals surface area contributed by atoms with Gasteiger partial charge in [0.1, 0.15) is 17.3 Å². The summed E-state index contributed by atoms with van der Waals surface area (Å²) in [5, 5.41) is 25.3. The van der Waals surface area contributed by atoms with Gasteiger partial charge in [0, 0.05) is 17.3 Å². The van der Waals surface area contributed by atoms with Crippen LogP contribution in [-0.2, 0) is 0 Å². The van der Waals surface area contributed by atoms with Gasteiger partial charge in [0.15, 0.2) is 0 Å². The fourth-order valence-corrected chi connectivity index (χ4v) is 3.40. The van der Waals surface area contributed by atoms with Crippen LogP contribution in [-0.4, -0.2) is 25.2 Å². The molecule has 3 aromatic rings. The number of rotatable bonds is 5. The highest BCUT2D eigenvalue weighted by Gasteiger charge is 2.20. The molecular weight excluding hydrogens is 354 g/mol. The molecule has 0 atom stereocenters. The Hall–Kier alpha value is -3.35. The van der Waals surface area contributed by atoms with Crippen molar-refractivity contribution in [1.82, 2.24) is 15.0 Å². The number of hydrogen-bond acceptors (Lipinski definition) is 7. The van der Waals surface area contributed by atoms with Gasteiger partial charge in [0.2, 0.25) is 11.9 Å². The molecule has 0 unspecified atom stereocenters. The van der Waals surface area contributed by atoms with Crippen LogP contribution < -0.4 is 10.6 Å². The number of hydrogen-bond donors (Lipinski definition) is 4. The predicted octanol–water partition coefficient (Wildman–Crippen LogP) is 4.82. The Morgan fingerprint density at radius 2 is 1.11 bits per heavy atom. The average molecular weight is 377 g/mol. The molecule has 4 rings (SSSR count). The minimum atomic E-state index is 0.207. The van der Waals surface area contributed by atoms with E-state index in [-0.39, 0.29) is 11.5 Å². The Morgan fingerprint density at radius 1 is 0.643 bits per heavy atom. The highest BCUT2D eigenvalue weighted by Crippen LogP contribution is 2.32. The summed E-state index contributed by atoms with van der Waals surface area (Å²) < 4.78 is 0. The maximum absolute atomic E-state index is 9.47. The Kier molecular flexibility index (Phi) is 5.23. The van der Waals surface area contributed by atoms with E-state index in [9.17, 15) is 10.2 Å². The van der Waals surface area contributed by atoms with Crippen molar-refractivity contribution in [3.63, 3.8) is 0 Å². The van der Waals surface area contributed by atoms with Crippen LogP contribution in [0.25, 0.3) is 0 Å². The van der Waals surface area contributed by atoms with E-state index in [0.717, 1.165) is 30.0 Å². The summed E-state index contributed by atoms with van der Waals surface area (Å²) in [6.45, 7) is 0. The van der Waals surface area contributed by atoms with Crippen molar-refractivity contribution in [2.75, 3.05) is 10.6 Å². The second kappa shape index (κ2) is 8.12. The monoisotopic (exact) mass is 377 g/mol. The number of benzene rings is 2. The van der Waals surface area contributed by atoms with Gasteiger partial charge in [-0.2, -0.15) is 15.0 Å². The zero-order valence-corrected chi connectivity index (χ0v) is 15.5. The number of nitrogens with one attached hydrogen (secondary N) is 2. The van der Waals surface area contributed by atoms with E-state index in [4.69, 9.17) is 0 Å². The summed E-state index contributed by atoms with van der Waals surface area (Å²) in [5.74, 6) is 2.46. The Morgan fingerprint density at radius 3 is 1.57 bits per heavy atom. The van der Waals surface area contributed by atoms with Crippen LogP contribution in [0.15, 0.2) is 48.5 Å². The summed E-state index contributed by atoms with van der Waals surface area (Å²) in [6, 6.07) is 13.5. The normalized spacial score (nSPS) is 14.6. The van der Waals surface area contributed by atoms with Gasteiger partial charge in [0.25, 0.3) is 0 Å². The molecule has 1 fully saturated rings. The topological polar surface area (TPSA) is 103 Å². The lowest BCUT2D eigenvalue weighted by molar-refractivity contribution is 0.428. The van der Waals surface area contributed by atoms with Crippen LogP contribution in [0.2, 0.25) is 0 Å². The first-order chi connectivity index (χ1) is 13.7. The number of phenols is 2. The molecule has 0 amide bonds. The van der Waals surface area contributed by atoms with E-state index in [0.29, 0.717) is 17.8 Å². The van der Waals surface area contributed by atoms with Crippen LogP contribution in [0.1, 0.15) is 43.8 Å². The van der Waals surface area contributed by atoms with Crippen molar-refractivity contribution in [3.8, 4) is 11.5 Å². The van der Waals surface area contributed by atoms with Gasteiger partial charge >= 0.3 is 0 Å². The molecular formula is C21H23N5O2. The van der Waals surface area contributed by atoms with Gasteiger partial charge in [0.05, 0.1) is 0 Å². The van der Waals surface area contributed by atoms with Crippen molar-refractivity contribution < 1.29 is 10.2 Å². The number of aromatic hydroxyl groups is 2. The summed E-state index contributed by atoms with van der Waals surface area (Å²) in [5.41, 5.74) is 1.57. The SMILES string of the molecule is Oc1ccc(Nc2nc(Nc3ccc(O)cc3)nc(C3CCCCC3)n2)cc1. The van der Waals surface area contributed by atoms with Crippen molar-refractivity contribution >= 4 is 23.3 Å². The molecule has 1 aliphatic rings. The quantitative estimate of drug-likeness (QED) is 0.473. The van der Waals surface area contributed by atoms with Crippen molar-refractivity contribution in [3.05, 3.63) is 54.4 Å². The summed E-state index contributed by atoms with van der Waals surface area (Å²) in [6.07, 6.45) is 5.82. The smallest absolute Gasteiger partial charge is 0.232 e. The lowest BCUT2D eigenvalue weighted by Gasteiger charge is -2.21. The Bertz CT molecular complexity index is 857. The van der Waals surface area contributed by atoms with Gasteiger partial charge < -0.3 is 20.8 Å². The molecule has 2 aromatic carbocycles. The van der Waals surface area contributed by atoms with E-state index in [1.165, 1.54) is 19.3 Å². The van der Waals surface area contributed by atoms with E-state index in [1.807, 2.05) is 0 Å². The van der Waals surface area contributed by atoms with Crippen LogP contribution in [0.5, 0.6) is 11.5 Å². The minimum absolute atomic E-state index is 0.207. The van der Waals surface area contributed by atoms with E-state index < -0.39 is 0 Å². The van der Waals surface area contributed by atoms with Gasteiger partial charge in [-0.25, -0.2) is 0 Å². The van der Waals surface area contributed by atoms with E-state index in [1.54, 1.807) is 48.5 Å². The van der Waals surface area contributed by atoms with Crippen molar-refractivity contribution in [2.45, 2.75) is 38.0 Å². The third-order valence-corrected chi connectivity index (χ3v) is 4.87. The lowest BCUT2D eigenvalue weighted by atomic mass is 9.89. The third kappa shape index (κ3) is 4.49. The van der Waals surface area contributed by atoms with Crippen LogP contribution in [0.4, 0.5) is 23.3 Å². The first-order valence-corrected chi connectivity index (χ1v) is 9.54. The number of anilines is 4. The second-order valence-electron chi connectivity index (χ2n) is 7.02. The molecule has 1 aromatic heterocycles. The molecule has 0 bridgehead atoms. The molecule has 0 aliphatic heterocycles. The van der Waals surface area contributed by atoms with Crippen LogP contribution >= 0.6 is 0 Å². The second-order valence-corrected chi connectivity index (χ2v) is 7.02. The van der Waals surface area contributed by atoms with Gasteiger partial charge in [-0.05, 0) is 61.4 Å². The van der Waals surface area contributed by atoms with E-state index >= 15 is 0 Å². The zero-order valence-electron chi connectivity index (χ0n) is 15.5. The van der Waals surface area contributed by atoms with Crippen molar-refractivity contribution in [2.24, 2.45) is 0 Å². The molecule has 1 aliphatic carbocycles. The summed E-state index contributed by atoms with van der Waals surface area (Å²) in [4.78, 5) is 13.8. The minimum Gasteiger partial charge on any atom is -0.508 e. The highest BCUT2D eigenvalue weighted by molar-refractivity contribution is 5.58. The van der Waals surface area contributed by atoms with E-state index in [2.05, 4.69) is 25.6 Å². The van der Waals surface area contributed by atoms with Crippen molar-refractivity contribution in [1.29, 1.82) is 0 Å². The van der Waals surface area contributed by atoms with Crippen LogP contribution in [0.3, 0.4) is 0 Å². The molecule has 1 saturated carbocycles. The lowest BCUT2D eigenvalue weighted by Crippen LogP contribution is -2.13.